The summed E-state index contributed by atoms with van der Waals surface area (Å²) in [5.41, 5.74) is -0.837. The maximum absolute atomic E-state index is 14.0. The van der Waals surface area contributed by atoms with E-state index in [2.05, 4.69) is 6.58 Å². The molecule has 0 aromatic rings. The van der Waals surface area contributed by atoms with Crippen LogP contribution in [0.15, 0.2) is 47.1 Å². The average molecular weight is 545 g/mol. The van der Waals surface area contributed by atoms with Crippen molar-refractivity contribution in [1.82, 2.24) is 0 Å². The lowest BCUT2D eigenvalue weighted by molar-refractivity contribution is -0.164. The fourth-order valence-corrected chi connectivity index (χ4v) is 4.84. The van der Waals surface area contributed by atoms with E-state index in [-0.39, 0.29) is 6.42 Å². The lowest BCUT2D eigenvalue weighted by atomic mass is 9.77. The molecule has 0 aromatic carbocycles. The Morgan fingerprint density at radius 1 is 0.846 bits per heavy atom. The van der Waals surface area contributed by atoms with Crippen LogP contribution >= 0.6 is 0 Å². The van der Waals surface area contributed by atoms with Crippen LogP contribution in [0.25, 0.3) is 0 Å². The van der Waals surface area contributed by atoms with Crippen LogP contribution in [0.1, 0.15) is 68.7 Å². The second-order valence-electron chi connectivity index (χ2n) is 10.9. The number of allylic oxidation sites excluding steroid dienone is 3. The third kappa shape index (κ3) is 5.79. The molecule has 9 heteroatoms. The maximum Gasteiger partial charge on any atom is 0.334 e. The first-order chi connectivity index (χ1) is 18.2. The van der Waals surface area contributed by atoms with Gasteiger partial charge in [0.1, 0.15) is 23.9 Å². The number of hydrogen-bond donors (Lipinski definition) is 0. The van der Waals surface area contributed by atoms with E-state index >= 15 is 0 Å². The van der Waals surface area contributed by atoms with Crippen molar-refractivity contribution in [3.63, 3.8) is 0 Å². The number of Topliss-reactive ketones (excluding diaryl/α,β-unsaturated/α-hetero) is 1. The van der Waals surface area contributed by atoms with Gasteiger partial charge in [0, 0.05) is 23.1 Å². The van der Waals surface area contributed by atoms with Crippen molar-refractivity contribution in [2.75, 3.05) is 0 Å². The molecule has 3 fully saturated rings. The monoisotopic (exact) mass is 544 g/mol. The zero-order chi connectivity index (χ0) is 29.4. The minimum Gasteiger partial charge on any atom is -0.456 e. The van der Waals surface area contributed by atoms with Gasteiger partial charge in [0.25, 0.3) is 0 Å². The van der Waals surface area contributed by atoms with Crippen LogP contribution in [0.2, 0.25) is 0 Å². The summed E-state index contributed by atoms with van der Waals surface area (Å²) >= 11 is 0. The molecule has 0 radical (unpaired) electrons. The normalized spacial score (nSPS) is 36.6. The second kappa shape index (κ2) is 11.2. The van der Waals surface area contributed by atoms with Crippen molar-refractivity contribution in [3.05, 3.63) is 47.1 Å². The number of hydrogen-bond acceptors (Lipinski definition) is 9. The van der Waals surface area contributed by atoms with Gasteiger partial charge < -0.3 is 23.7 Å². The first-order valence-electron chi connectivity index (χ1n) is 13.2. The van der Waals surface area contributed by atoms with Crippen molar-refractivity contribution in [2.24, 2.45) is 5.92 Å². The van der Waals surface area contributed by atoms with Crippen LogP contribution < -0.4 is 0 Å². The van der Waals surface area contributed by atoms with E-state index in [9.17, 15) is 19.2 Å². The van der Waals surface area contributed by atoms with E-state index < -0.39 is 71.3 Å². The number of esters is 3. The van der Waals surface area contributed by atoms with Crippen molar-refractivity contribution < 1.29 is 42.9 Å². The first kappa shape index (κ1) is 30.5. The summed E-state index contributed by atoms with van der Waals surface area (Å²) in [6.07, 6.45) is 0.378. The largest absolute Gasteiger partial charge is 0.456 e. The van der Waals surface area contributed by atoms with Crippen LogP contribution in [0.5, 0.6) is 0 Å². The zero-order valence-corrected chi connectivity index (χ0v) is 24.3. The summed E-state index contributed by atoms with van der Waals surface area (Å²) in [6.45, 7) is 19.1. The molecule has 8 atom stereocenters. The molecule has 1 aliphatic carbocycles. The summed E-state index contributed by atoms with van der Waals surface area (Å²) < 4.78 is 29.7. The lowest BCUT2D eigenvalue weighted by Gasteiger charge is -2.35. The van der Waals surface area contributed by atoms with Crippen LogP contribution in [0, 0.1) is 5.92 Å². The van der Waals surface area contributed by atoms with Gasteiger partial charge in [0.15, 0.2) is 11.7 Å². The molecule has 1 saturated carbocycles. The standard InChI is InChI=1S/C30H40O9/c1-11-16(6)26(32)35-19-14-20-29(9,38-20)24(31)22(36-27(33)17(7)12-2)21(15(4)5)23(25-30(19,10)39-25)37-28(34)18(8)13-3/h11-13,19-23,25H,4,14H2,1-3,5-10H3. The van der Waals surface area contributed by atoms with Crippen molar-refractivity contribution in [1.29, 1.82) is 0 Å². The molecule has 39 heavy (non-hydrogen) atoms. The second-order valence-corrected chi connectivity index (χ2v) is 10.9. The van der Waals surface area contributed by atoms with E-state index in [1.54, 1.807) is 80.5 Å². The molecule has 0 spiro atoms. The zero-order valence-electron chi connectivity index (χ0n) is 24.3. The SMILES string of the molecule is C=C(C)C1C(OC(=O)C(C)=CC)C(=O)C2(C)OC2CC(OC(=O)C(C)=CC)C2(C)OC2C1OC(=O)C(C)=CC. The molecule has 0 aromatic heterocycles. The Labute approximate surface area is 230 Å². The van der Waals surface area contributed by atoms with Crippen LogP contribution in [0.4, 0.5) is 0 Å². The topological polar surface area (TPSA) is 121 Å². The molecule has 0 amide bonds. The fraction of sp³-hybridized carbons (Fsp3) is 0.600. The third-order valence-electron chi connectivity index (χ3n) is 8.19. The highest BCUT2D eigenvalue weighted by atomic mass is 16.7. The van der Waals surface area contributed by atoms with Gasteiger partial charge in [-0.05, 0) is 62.3 Å². The Bertz CT molecular complexity index is 1160. The molecule has 2 saturated heterocycles. The molecule has 3 rings (SSSR count). The number of ether oxygens (including phenoxy) is 5. The number of carbonyl (C=O) groups is 4. The summed E-state index contributed by atoms with van der Waals surface area (Å²) in [7, 11) is 0. The number of carbonyl (C=O) groups excluding carboxylic acids is 4. The van der Waals surface area contributed by atoms with E-state index in [0.29, 0.717) is 22.3 Å². The highest BCUT2D eigenvalue weighted by molar-refractivity contribution is 5.98. The molecular weight excluding hydrogens is 504 g/mol. The minimum atomic E-state index is -1.36. The van der Waals surface area contributed by atoms with Gasteiger partial charge in [-0.25, -0.2) is 14.4 Å². The Kier molecular flexibility index (Phi) is 8.77. The van der Waals surface area contributed by atoms with Gasteiger partial charge >= 0.3 is 17.9 Å². The van der Waals surface area contributed by atoms with Gasteiger partial charge in [-0.2, -0.15) is 0 Å². The highest BCUT2D eigenvalue weighted by Crippen LogP contribution is 2.53. The number of ketones is 1. The number of epoxide rings is 2. The van der Waals surface area contributed by atoms with E-state index in [1.807, 2.05) is 0 Å². The number of rotatable bonds is 7. The predicted molar refractivity (Wildman–Crippen MR) is 142 cm³/mol. The highest BCUT2D eigenvalue weighted by Gasteiger charge is 2.72. The lowest BCUT2D eigenvalue weighted by Crippen LogP contribution is -2.52. The summed E-state index contributed by atoms with van der Waals surface area (Å²) in [5.74, 6) is -3.26. The van der Waals surface area contributed by atoms with E-state index in [1.165, 1.54) is 0 Å². The molecule has 3 aliphatic rings. The van der Waals surface area contributed by atoms with Crippen LogP contribution in [-0.4, -0.2) is 65.4 Å². The number of fused-ring (bicyclic) bond motifs is 2. The summed E-state index contributed by atoms with van der Waals surface area (Å²) in [4.78, 5) is 52.7. The smallest absolute Gasteiger partial charge is 0.334 e. The van der Waals surface area contributed by atoms with Gasteiger partial charge in [-0.1, -0.05) is 30.4 Å². The molecule has 0 bridgehead atoms. The fourth-order valence-electron chi connectivity index (χ4n) is 4.84. The predicted octanol–water partition coefficient (Wildman–Crippen LogP) is 4.10. The van der Waals surface area contributed by atoms with Crippen LogP contribution in [-0.2, 0) is 42.9 Å². The van der Waals surface area contributed by atoms with E-state index in [0.717, 1.165) is 0 Å². The first-order valence-corrected chi connectivity index (χ1v) is 13.2. The molecule has 9 nitrogen and oxygen atoms in total. The third-order valence-corrected chi connectivity index (χ3v) is 8.19. The summed E-state index contributed by atoms with van der Waals surface area (Å²) in [5, 5.41) is 0. The van der Waals surface area contributed by atoms with Gasteiger partial charge in [-0.3, -0.25) is 4.79 Å². The van der Waals surface area contributed by atoms with E-state index in [4.69, 9.17) is 23.7 Å². The minimum absolute atomic E-state index is 0.166. The average Bonchev–Trinajstić information content (AvgIpc) is 3.78. The molecule has 0 N–H and O–H groups in total. The summed E-state index contributed by atoms with van der Waals surface area (Å²) in [6, 6.07) is 0. The van der Waals surface area contributed by atoms with Crippen molar-refractivity contribution in [2.45, 2.75) is 110 Å². The Balaban J connectivity index is 2.14. The van der Waals surface area contributed by atoms with Gasteiger partial charge in [0.2, 0.25) is 5.78 Å². The van der Waals surface area contributed by atoms with Gasteiger partial charge in [0.05, 0.1) is 12.0 Å². The molecule has 2 aliphatic heterocycles. The Morgan fingerprint density at radius 3 is 1.82 bits per heavy atom. The van der Waals surface area contributed by atoms with Crippen molar-refractivity contribution >= 4 is 23.7 Å². The van der Waals surface area contributed by atoms with Gasteiger partial charge in [-0.15, -0.1) is 0 Å². The quantitative estimate of drug-likeness (QED) is 0.153. The van der Waals surface area contributed by atoms with Crippen LogP contribution in [0.3, 0.4) is 0 Å². The molecule has 214 valence electrons. The molecule has 8 unspecified atom stereocenters. The van der Waals surface area contributed by atoms with Crippen molar-refractivity contribution in [3.8, 4) is 0 Å². The Morgan fingerprint density at radius 2 is 1.33 bits per heavy atom. The maximum atomic E-state index is 14.0. The molecule has 2 heterocycles. The molecular formula is C30H40O9. The Hall–Kier alpha value is -3.04.